The van der Waals surface area contributed by atoms with Crippen molar-refractivity contribution in [3.05, 3.63) is 101 Å². The lowest BCUT2D eigenvalue weighted by Crippen LogP contribution is -2.40. The predicted molar refractivity (Wildman–Crippen MR) is 124 cm³/mol. The summed E-state index contributed by atoms with van der Waals surface area (Å²) in [6.45, 7) is 2.73. The molecule has 3 nitrogen and oxygen atoms in total. The monoisotopic (exact) mass is 412 g/mol. The number of thioether (sulfide) groups is 1. The van der Waals surface area contributed by atoms with Crippen molar-refractivity contribution >= 4 is 28.6 Å². The summed E-state index contributed by atoms with van der Waals surface area (Å²) in [5.74, 6) is 0.0851. The zero-order valence-electron chi connectivity index (χ0n) is 17.2. The molecule has 0 bridgehead atoms. The highest BCUT2D eigenvalue weighted by Gasteiger charge is 2.34. The second-order valence-corrected chi connectivity index (χ2v) is 8.74. The van der Waals surface area contributed by atoms with Crippen LogP contribution in [0.15, 0.2) is 77.7 Å². The molecule has 30 heavy (non-hydrogen) atoms. The predicted octanol–water partition coefficient (Wildman–Crippen LogP) is 5.99. The van der Waals surface area contributed by atoms with Gasteiger partial charge in [0.25, 0.3) is 5.91 Å². The third kappa shape index (κ3) is 3.21. The first kappa shape index (κ1) is 19.0. The van der Waals surface area contributed by atoms with Crippen molar-refractivity contribution in [2.45, 2.75) is 24.3 Å². The Morgan fingerprint density at radius 1 is 1.03 bits per heavy atom. The fourth-order valence-electron chi connectivity index (χ4n) is 4.54. The number of hydrogen-bond donors (Lipinski definition) is 1. The van der Waals surface area contributed by atoms with Crippen LogP contribution in [0.4, 0.5) is 0 Å². The standard InChI is InChI=1S/C26H24N2OS/c1-17-6-5-7-19(16-17)26(29)28-15-14-22-21-8-3-4-9-23(21)27-24(22)25(28)18-10-12-20(30-2)13-11-18/h3-13,16,25,27H,14-15H2,1-2H3/t25-/m0/s1. The molecule has 0 saturated heterocycles. The summed E-state index contributed by atoms with van der Waals surface area (Å²) in [5.41, 5.74) is 6.60. The summed E-state index contributed by atoms with van der Waals surface area (Å²) in [4.78, 5) is 20.5. The fourth-order valence-corrected chi connectivity index (χ4v) is 4.94. The van der Waals surface area contributed by atoms with Crippen LogP contribution in [-0.4, -0.2) is 28.6 Å². The van der Waals surface area contributed by atoms with Crippen molar-refractivity contribution in [2.24, 2.45) is 0 Å². The second kappa shape index (κ2) is 7.69. The number of aryl methyl sites for hydroxylation is 1. The average molecular weight is 413 g/mol. The first-order valence-electron chi connectivity index (χ1n) is 10.3. The smallest absolute Gasteiger partial charge is 0.254 e. The van der Waals surface area contributed by atoms with Gasteiger partial charge in [-0.15, -0.1) is 11.8 Å². The van der Waals surface area contributed by atoms with Gasteiger partial charge >= 0.3 is 0 Å². The molecule has 4 aromatic rings. The number of carbonyl (C=O) groups is 1. The number of H-pyrrole nitrogens is 1. The Balaban J connectivity index is 1.65. The number of amides is 1. The number of fused-ring (bicyclic) bond motifs is 3. The van der Waals surface area contributed by atoms with E-state index in [1.165, 1.54) is 15.8 Å². The van der Waals surface area contributed by atoms with E-state index >= 15 is 0 Å². The van der Waals surface area contributed by atoms with Gasteiger partial charge in [0, 0.05) is 33.6 Å². The van der Waals surface area contributed by atoms with Crippen molar-refractivity contribution in [1.82, 2.24) is 9.88 Å². The van der Waals surface area contributed by atoms with Gasteiger partial charge in [0.2, 0.25) is 0 Å². The van der Waals surface area contributed by atoms with Gasteiger partial charge in [-0.05, 0) is 61.1 Å². The maximum atomic E-state index is 13.6. The summed E-state index contributed by atoms with van der Waals surface area (Å²) in [6.07, 6.45) is 2.94. The van der Waals surface area contributed by atoms with Crippen molar-refractivity contribution in [3.8, 4) is 0 Å². The van der Waals surface area contributed by atoms with Crippen molar-refractivity contribution in [3.63, 3.8) is 0 Å². The quantitative estimate of drug-likeness (QED) is 0.420. The minimum atomic E-state index is -0.120. The van der Waals surface area contributed by atoms with Gasteiger partial charge in [-0.1, -0.05) is 48.0 Å². The molecule has 5 rings (SSSR count). The maximum absolute atomic E-state index is 13.6. The average Bonchev–Trinajstić information content (AvgIpc) is 3.17. The third-order valence-electron chi connectivity index (χ3n) is 5.99. The fraction of sp³-hybridized carbons (Fsp3) is 0.192. The Bertz CT molecular complexity index is 1230. The first-order valence-corrected chi connectivity index (χ1v) is 11.5. The van der Waals surface area contributed by atoms with E-state index in [1.54, 1.807) is 11.8 Å². The molecular weight excluding hydrogens is 388 g/mol. The van der Waals surface area contributed by atoms with E-state index in [0.717, 1.165) is 34.3 Å². The van der Waals surface area contributed by atoms with E-state index in [2.05, 4.69) is 59.8 Å². The van der Waals surface area contributed by atoms with Crippen LogP contribution in [0.3, 0.4) is 0 Å². The van der Waals surface area contributed by atoms with Gasteiger partial charge in [0.15, 0.2) is 0 Å². The molecule has 0 saturated carbocycles. The number of hydrogen-bond acceptors (Lipinski definition) is 2. The van der Waals surface area contributed by atoms with Crippen LogP contribution in [0.2, 0.25) is 0 Å². The molecule has 0 fully saturated rings. The zero-order chi connectivity index (χ0) is 20.7. The molecule has 1 aliphatic heterocycles. The van der Waals surface area contributed by atoms with Gasteiger partial charge in [-0.3, -0.25) is 4.79 Å². The Morgan fingerprint density at radius 3 is 2.60 bits per heavy atom. The maximum Gasteiger partial charge on any atom is 0.254 e. The van der Waals surface area contributed by atoms with Crippen LogP contribution in [0, 0.1) is 6.92 Å². The molecule has 1 aromatic heterocycles. The van der Waals surface area contributed by atoms with Gasteiger partial charge < -0.3 is 9.88 Å². The second-order valence-electron chi connectivity index (χ2n) is 7.86. The Morgan fingerprint density at radius 2 is 1.83 bits per heavy atom. The third-order valence-corrected chi connectivity index (χ3v) is 6.74. The topological polar surface area (TPSA) is 36.1 Å². The molecule has 3 aromatic carbocycles. The molecule has 0 radical (unpaired) electrons. The number of benzene rings is 3. The Labute approximate surface area is 181 Å². The molecule has 0 aliphatic carbocycles. The van der Waals surface area contributed by atoms with Gasteiger partial charge in [-0.2, -0.15) is 0 Å². The number of aromatic nitrogens is 1. The lowest BCUT2D eigenvalue weighted by atomic mass is 9.91. The van der Waals surface area contributed by atoms with Crippen molar-refractivity contribution < 1.29 is 4.79 Å². The van der Waals surface area contributed by atoms with Crippen LogP contribution < -0.4 is 0 Å². The molecule has 1 amide bonds. The lowest BCUT2D eigenvalue weighted by Gasteiger charge is -2.36. The molecule has 150 valence electrons. The Hall–Kier alpha value is -2.98. The van der Waals surface area contributed by atoms with Crippen LogP contribution in [-0.2, 0) is 6.42 Å². The summed E-state index contributed by atoms with van der Waals surface area (Å²) in [5, 5.41) is 1.26. The Kier molecular flexibility index (Phi) is 4.87. The van der Waals surface area contributed by atoms with Crippen LogP contribution >= 0.6 is 11.8 Å². The molecular formula is C26H24N2OS. The normalized spacial score (nSPS) is 15.9. The van der Waals surface area contributed by atoms with E-state index in [1.807, 2.05) is 36.1 Å². The highest BCUT2D eigenvalue weighted by Crippen LogP contribution is 2.39. The van der Waals surface area contributed by atoms with Crippen LogP contribution in [0.5, 0.6) is 0 Å². The number of para-hydroxylation sites is 1. The first-order chi connectivity index (χ1) is 14.7. The van der Waals surface area contributed by atoms with Crippen molar-refractivity contribution in [1.29, 1.82) is 0 Å². The molecule has 1 N–H and O–H groups in total. The van der Waals surface area contributed by atoms with E-state index in [9.17, 15) is 4.79 Å². The van der Waals surface area contributed by atoms with E-state index in [4.69, 9.17) is 0 Å². The number of nitrogens with one attached hydrogen (secondary N) is 1. The molecule has 0 unspecified atom stereocenters. The SMILES string of the molecule is CSc1ccc([C@H]2c3[nH]c4ccccc4c3CCN2C(=O)c2cccc(C)c2)cc1. The number of nitrogens with zero attached hydrogens (tertiary/aromatic N) is 1. The van der Waals surface area contributed by atoms with E-state index in [-0.39, 0.29) is 11.9 Å². The van der Waals surface area contributed by atoms with Gasteiger partial charge in [0.1, 0.15) is 0 Å². The lowest BCUT2D eigenvalue weighted by molar-refractivity contribution is 0.0692. The molecule has 2 heterocycles. The zero-order valence-corrected chi connectivity index (χ0v) is 18.0. The van der Waals surface area contributed by atoms with Crippen molar-refractivity contribution in [2.75, 3.05) is 12.8 Å². The van der Waals surface area contributed by atoms with Gasteiger partial charge in [0.05, 0.1) is 6.04 Å². The molecule has 1 atom stereocenters. The molecule has 4 heteroatoms. The molecule has 1 aliphatic rings. The summed E-state index contributed by atoms with van der Waals surface area (Å²) in [6, 6.07) is 24.8. The summed E-state index contributed by atoms with van der Waals surface area (Å²) in [7, 11) is 0. The minimum Gasteiger partial charge on any atom is -0.356 e. The highest BCUT2D eigenvalue weighted by molar-refractivity contribution is 7.98. The minimum absolute atomic E-state index is 0.0851. The number of carbonyl (C=O) groups excluding carboxylic acids is 1. The highest BCUT2D eigenvalue weighted by atomic mass is 32.2. The molecule has 0 spiro atoms. The van der Waals surface area contributed by atoms with E-state index < -0.39 is 0 Å². The number of rotatable bonds is 3. The number of aromatic amines is 1. The largest absolute Gasteiger partial charge is 0.356 e. The van der Waals surface area contributed by atoms with E-state index in [0.29, 0.717) is 6.54 Å². The van der Waals surface area contributed by atoms with Gasteiger partial charge in [-0.25, -0.2) is 0 Å². The van der Waals surface area contributed by atoms with Crippen LogP contribution in [0.25, 0.3) is 10.9 Å². The summed E-state index contributed by atoms with van der Waals surface area (Å²) >= 11 is 1.73. The summed E-state index contributed by atoms with van der Waals surface area (Å²) < 4.78 is 0. The van der Waals surface area contributed by atoms with Crippen LogP contribution in [0.1, 0.15) is 38.8 Å².